The highest BCUT2D eigenvalue weighted by Crippen LogP contribution is 2.14. The predicted molar refractivity (Wildman–Crippen MR) is 66.4 cm³/mol. The van der Waals surface area contributed by atoms with Gasteiger partial charge in [-0.3, -0.25) is 9.78 Å². The number of anilines is 1. The monoisotopic (exact) mass is 265 g/mol. The molecular weight excluding hydrogens is 250 g/mol. The van der Waals surface area contributed by atoms with Crippen LogP contribution in [-0.2, 0) is 14.4 Å². The Morgan fingerprint density at radius 1 is 1.21 bits per heavy atom. The minimum Gasteiger partial charge on any atom is -0.481 e. The second kappa shape index (κ2) is 6.14. The quantitative estimate of drug-likeness (QED) is 0.775. The van der Waals surface area contributed by atoms with Crippen molar-refractivity contribution in [1.82, 2.24) is 10.0 Å². The fourth-order valence-corrected chi connectivity index (χ4v) is 1.89. The molecule has 2 heterocycles. The number of carbonyl (C=O) groups is 2. The molecule has 0 spiro atoms. The van der Waals surface area contributed by atoms with E-state index in [0.29, 0.717) is 26.2 Å². The summed E-state index contributed by atoms with van der Waals surface area (Å²) in [6.45, 7) is 2.52. The Labute approximate surface area is 110 Å². The highest BCUT2D eigenvalue weighted by molar-refractivity contribution is 5.89. The number of piperazine rings is 1. The van der Waals surface area contributed by atoms with Gasteiger partial charge in [-0.1, -0.05) is 0 Å². The Morgan fingerprint density at radius 3 is 2.42 bits per heavy atom. The Balaban J connectivity index is 1.80. The standard InChI is InChI=1S/C12H15N3O4/c16-11(17)9-12(18)19-15-7-5-14(6-8-15)10-1-3-13-4-2-10/h1-4H,5-9H2,(H,16,17). The molecular formula is C12H15N3O4. The first-order valence-corrected chi connectivity index (χ1v) is 5.97. The minimum absolute atomic E-state index is 0.549. The van der Waals surface area contributed by atoms with E-state index in [9.17, 15) is 9.59 Å². The fourth-order valence-electron chi connectivity index (χ4n) is 1.89. The summed E-state index contributed by atoms with van der Waals surface area (Å²) in [7, 11) is 0. The van der Waals surface area contributed by atoms with Crippen LogP contribution in [0.3, 0.4) is 0 Å². The van der Waals surface area contributed by atoms with Crippen molar-refractivity contribution in [3.05, 3.63) is 24.5 Å². The maximum Gasteiger partial charge on any atom is 0.336 e. The SMILES string of the molecule is O=C(O)CC(=O)ON1CCN(c2ccncc2)CC1. The summed E-state index contributed by atoms with van der Waals surface area (Å²) in [5.74, 6) is -1.91. The zero-order valence-electron chi connectivity index (χ0n) is 10.4. The van der Waals surface area contributed by atoms with Gasteiger partial charge in [0.1, 0.15) is 6.42 Å². The van der Waals surface area contributed by atoms with E-state index < -0.39 is 18.4 Å². The van der Waals surface area contributed by atoms with Crippen LogP contribution in [0.4, 0.5) is 5.69 Å². The molecule has 1 aromatic rings. The summed E-state index contributed by atoms with van der Waals surface area (Å²) >= 11 is 0. The van der Waals surface area contributed by atoms with Crippen LogP contribution < -0.4 is 4.90 Å². The smallest absolute Gasteiger partial charge is 0.336 e. The van der Waals surface area contributed by atoms with Gasteiger partial charge < -0.3 is 14.8 Å². The molecule has 0 bridgehead atoms. The van der Waals surface area contributed by atoms with Crippen molar-refractivity contribution in [2.24, 2.45) is 0 Å². The molecule has 0 amide bonds. The Kier molecular flexibility index (Phi) is 4.30. The number of carboxylic acid groups (broad SMARTS) is 1. The lowest BCUT2D eigenvalue weighted by atomic mass is 10.3. The van der Waals surface area contributed by atoms with Crippen LogP contribution >= 0.6 is 0 Å². The molecule has 1 aliphatic rings. The third-order valence-corrected chi connectivity index (χ3v) is 2.79. The van der Waals surface area contributed by atoms with Crippen LogP contribution in [-0.4, -0.2) is 53.3 Å². The number of carbonyl (C=O) groups excluding carboxylic acids is 1. The van der Waals surface area contributed by atoms with Gasteiger partial charge in [-0.15, -0.1) is 5.06 Å². The topological polar surface area (TPSA) is 83.0 Å². The zero-order valence-corrected chi connectivity index (χ0v) is 10.4. The molecule has 0 radical (unpaired) electrons. The number of hydrogen-bond acceptors (Lipinski definition) is 6. The van der Waals surface area contributed by atoms with Gasteiger partial charge in [0.05, 0.1) is 13.1 Å². The van der Waals surface area contributed by atoms with E-state index in [4.69, 9.17) is 9.94 Å². The van der Waals surface area contributed by atoms with E-state index in [1.807, 2.05) is 12.1 Å². The van der Waals surface area contributed by atoms with Crippen LogP contribution in [0.1, 0.15) is 6.42 Å². The van der Waals surface area contributed by atoms with Gasteiger partial charge in [0, 0.05) is 31.2 Å². The number of pyridine rings is 1. The molecule has 102 valence electrons. The van der Waals surface area contributed by atoms with E-state index in [2.05, 4.69) is 9.88 Å². The number of carboxylic acids is 1. The van der Waals surface area contributed by atoms with Crippen molar-refractivity contribution in [1.29, 1.82) is 0 Å². The number of nitrogens with zero attached hydrogens (tertiary/aromatic N) is 3. The van der Waals surface area contributed by atoms with Gasteiger partial charge in [0.2, 0.25) is 0 Å². The lowest BCUT2D eigenvalue weighted by molar-refractivity contribution is -0.192. The molecule has 0 saturated carbocycles. The van der Waals surface area contributed by atoms with Crippen molar-refractivity contribution < 1.29 is 19.5 Å². The molecule has 7 heteroatoms. The van der Waals surface area contributed by atoms with Crippen molar-refractivity contribution in [3.63, 3.8) is 0 Å². The predicted octanol–water partition coefficient (Wildman–Crippen LogP) is 0.136. The van der Waals surface area contributed by atoms with Gasteiger partial charge in [-0.25, -0.2) is 4.79 Å². The van der Waals surface area contributed by atoms with Crippen LogP contribution in [0, 0.1) is 0 Å². The largest absolute Gasteiger partial charge is 0.481 e. The Bertz CT molecular complexity index is 444. The summed E-state index contributed by atoms with van der Waals surface area (Å²) in [5.41, 5.74) is 1.08. The average molecular weight is 265 g/mol. The fraction of sp³-hybridized carbons (Fsp3) is 0.417. The number of rotatable bonds is 4. The minimum atomic E-state index is -1.18. The van der Waals surface area contributed by atoms with Crippen molar-refractivity contribution in [3.8, 4) is 0 Å². The molecule has 1 fully saturated rings. The van der Waals surface area contributed by atoms with Crippen LogP contribution in [0.2, 0.25) is 0 Å². The third kappa shape index (κ3) is 3.92. The summed E-state index contributed by atoms with van der Waals surface area (Å²) < 4.78 is 0. The lowest BCUT2D eigenvalue weighted by Crippen LogP contribution is -2.47. The summed E-state index contributed by atoms with van der Waals surface area (Å²) in [5, 5.41) is 9.97. The van der Waals surface area contributed by atoms with E-state index in [1.165, 1.54) is 5.06 Å². The second-order valence-electron chi connectivity index (χ2n) is 4.16. The number of hydrogen-bond donors (Lipinski definition) is 1. The van der Waals surface area contributed by atoms with E-state index in [0.717, 1.165) is 5.69 Å². The lowest BCUT2D eigenvalue weighted by Gasteiger charge is -2.34. The number of hydroxylamine groups is 2. The van der Waals surface area contributed by atoms with Crippen LogP contribution in [0.15, 0.2) is 24.5 Å². The molecule has 2 rings (SSSR count). The average Bonchev–Trinajstić information content (AvgIpc) is 2.39. The molecule has 1 aliphatic heterocycles. The third-order valence-electron chi connectivity index (χ3n) is 2.79. The molecule has 0 atom stereocenters. The van der Waals surface area contributed by atoms with Gasteiger partial charge in [0.25, 0.3) is 0 Å². The number of aromatic nitrogens is 1. The summed E-state index contributed by atoms with van der Waals surface area (Å²) in [6, 6.07) is 3.85. The zero-order chi connectivity index (χ0) is 13.7. The molecule has 1 saturated heterocycles. The van der Waals surface area contributed by atoms with Gasteiger partial charge in [0.15, 0.2) is 0 Å². The molecule has 7 nitrogen and oxygen atoms in total. The normalized spacial score (nSPS) is 16.1. The van der Waals surface area contributed by atoms with Gasteiger partial charge in [-0.05, 0) is 12.1 Å². The van der Waals surface area contributed by atoms with Crippen LogP contribution in [0.5, 0.6) is 0 Å². The molecule has 0 aromatic carbocycles. The van der Waals surface area contributed by atoms with Gasteiger partial charge >= 0.3 is 11.9 Å². The Morgan fingerprint density at radius 2 is 1.84 bits per heavy atom. The molecule has 1 N–H and O–H groups in total. The molecule has 19 heavy (non-hydrogen) atoms. The summed E-state index contributed by atoms with van der Waals surface area (Å²) in [6.07, 6.45) is 2.85. The molecule has 1 aromatic heterocycles. The van der Waals surface area contributed by atoms with E-state index >= 15 is 0 Å². The molecule has 0 unspecified atom stereocenters. The van der Waals surface area contributed by atoms with Crippen molar-refractivity contribution >= 4 is 17.6 Å². The van der Waals surface area contributed by atoms with Crippen LogP contribution in [0.25, 0.3) is 0 Å². The molecule has 0 aliphatic carbocycles. The maximum atomic E-state index is 11.2. The maximum absolute atomic E-state index is 11.2. The second-order valence-corrected chi connectivity index (χ2v) is 4.16. The van der Waals surface area contributed by atoms with E-state index in [-0.39, 0.29) is 0 Å². The first kappa shape index (κ1) is 13.3. The van der Waals surface area contributed by atoms with Gasteiger partial charge in [-0.2, -0.15) is 0 Å². The number of aliphatic carboxylic acids is 1. The Hall–Kier alpha value is -2.15. The highest BCUT2D eigenvalue weighted by atomic mass is 16.7. The van der Waals surface area contributed by atoms with Crippen molar-refractivity contribution in [2.45, 2.75) is 6.42 Å². The summed E-state index contributed by atoms with van der Waals surface area (Å²) in [4.78, 5) is 32.6. The first-order chi connectivity index (χ1) is 9.15. The highest BCUT2D eigenvalue weighted by Gasteiger charge is 2.21. The van der Waals surface area contributed by atoms with E-state index in [1.54, 1.807) is 12.4 Å². The first-order valence-electron chi connectivity index (χ1n) is 5.97. The van der Waals surface area contributed by atoms with Crippen molar-refractivity contribution in [2.75, 3.05) is 31.1 Å².